The average Bonchev–Trinajstić information content (AvgIpc) is 2.56. The molecule has 1 aromatic heterocycles. The van der Waals surface area contributed by atoms with Gasteiger partial charge in [-0.2, -0.15) is 0 Å². The van der Waals surface area contributed by atoms with Crippen LogP contribution in [-0.4, -0.2) is 37.1 Å². The highest BCUT2D eigenvalue weighted by Gasteiger charge is 2.24. The summed E-state index contributed by atoms with van der Waals surface area (Å²) in [5.41, 5.74) is 1.61. The fraction of sp³-hybridized carbons (Fsp3) is 0.250. The predicted molar refractivity (Wildman–Crippen MR) is 92.3 cm³/mol. The van der Waals surface area contributed by atoms with Gasteiger partial charge in [0, 0.05) is 31.9 Å². The Bertz CT molecular complexity index is 667. The van der Waals surface area contributed by atoms with Crippen LogP contribution >= 0.6 is 23.2 Å². The van der Waals surface area contributed by atoms with Crippen molar-refractivity contribution in [3.05, 3.63) is 52.8 Å². The molecule has 1 saturated heterocycles. The molecule has 120 valence electrons. The molecule has 1 fully saturated rings. The van der Waals surface area contributed by atoms with Crippen LogP contribution in [0.5, 0.6) is 0 Å². The lowest BCUT2D eigenvalue weighted by atomic mass is 10.2. The number of rotatable bonds is 2. The van der Waals surface area contributed by atoms with Crippen molar-refractivity contribution in [1.82, 2.24) is 4.90 Å². The zero-order valence-electron chi connectivity index (χ0n) is 12.4. The lowest BCUT2D eigenvalue weighted by molar-refractivity contribution is -0.377. The summed E-state index contributed by atoms with van der Waals surface area (Å²) in [6.45, 7) is 2.60. The fourth-order valence-corrected chi connectivity index (χ4v) is 3.22. The molecule has 0 radical (unpaired) electrons. The van der Waals surface area contributed by atoms with Crippen molar-refractivity contribution >= 4 is 40.6 Å². The van der Waals surface area contributed by atoms with Gasteiger partial charge in [0.25, 0.3) is 0 Å². The number of amides is 2. The quantitative estimate of drug-likeness (QED) is 0.903. The predicted octanol–water partition coefficient (Wildman–Crippen LogP) is 3.16. The highest BCUT2D eigenvalue weighted by atomic mass is 35.5. The first-order valence-electron chi connectivity index (χ1n) is 7.36. The van der Waals surface area contributed by atoms with E-state index in [1.807, 2.05) is 30.3 Å². The zero-order chi connectivity index (χ0) is 16.2. The second-order valence-electron chi connectivity index (χ2n) is 5.27. The number of carbonyl (C=O) groups is 1. The van der Waals surface area contributed by atoms with Gasteiger partial charge in [0.1, 0.15) is 10.0 Å². The van der Waals surface area contributed by atoms with Gasteiger partial charge in [0.2, 0.25) is 0 Å². The number of benzene rings is 1. The maximum Gasteiger partial charge on any atom is 0.321 e. The summed E-state index contributed by atoms with van der Waals surface area (Å²) in [5, 5.41) is 4.07. The van der Waals surface area contributed by atoms with Crippen molar-refractivity contribution in [2.24, 2.45) is 0 Å². The molecule has 1 aliphatic heterocycles. The molecule has 2 heterocycles. The number of piperazine rings is 1. The number of hydrogen-bond acceptors (Lipinski definition) is 2. The van der Waals surface area contributed by atoms with E-state index in [0.29, 0.717) is 36.2 Å². The highest BCUT2D eigenvalue weighted by Crippen LogP contribution is 2.32. The third-order valence-electron chi connectivity index (χ3n) is 3.78. The molecular weight excluding hydrogens is 335 g/mol. The van der Waals surface area contributed by atoms with Gasteiger partial charge >= 0.3 is 6.03 Å². The smallest absolute Gasteiger partial charge is 0.321 e. The van der Waals surface area contributed by atoms with Crippen LogP contribution in [0.25, 0.3) is 0 Å². The molecule has 3 rings (SSSR count). The van der Waals surface area contributed by atoms with Gasteiger partial charge < -0.3 is 15.1 Å². The lowest BCUT2D eigenvalue weighted by Crippen LogP contribution is -2.50. The third-order valence-corrected chi connectivity index (χ3v) is 4.36. The van der Waals surface area contributed by atoms with E-state index in [4.69, 9.17) is 23.2 Å². The van der Waals surface area contributed by atoms with Crippen molar-refractivity contribution in [2.45, 2.75) is 0 Å². The first kappa shape index (κ1) is 15.9. The molecule has 2 amide bonds. The van der Waals surface area contributed by atoms with Gasteiger partial charge in [-0.3, -0.25) is 0 Å². The maximum absolute atomic E-state index is 12.3. The van der Waals surface area contributed by atoms with E-state index in [2.05, 4.69) is 15.2 Å². The SMILES string of the molecule is O=C(Nc1ccccc1)N1CCN(c2c(Cl)c[nH+]cc2Cl)CC1. The number of anilines is 2. The van der Waals surface area contributed by atoms with Gasteiger partial charge in [-0.1, -0.05) is 41.4 Å². The van der Waals surface area contributed by atoms with Crippen LogP contribution in [0, 0.1) is 0 Å². The number of aromatic amines is 1. The van der Waals surface area contributed by atoms with Crippen LogP contribution in [0.2, 0.25) is 10.0 Å². The molecule has 0 aliphatic carbocycles. The highest BCUT2D eigenvalue weighted by molar-refractivity contribution is 6.38. The van der Waals surface area contributed by atoms with E-state index < -0.39 is 0 Å². The molecule has 0 bridgehead atoms. The van der Waals surface area contributed by atoms with Gasteiger partial charge in [-0.05, 0) is 12.1 Å². The number of pyridine rings is 1. The summed E-state index contributed by atoms with van der Waals surface area (Å²) < 4.78 is 0. The Morgan fingerprint density at radius 3 is 2.22 bits per heavy atom. The molecule has 1 aromatic carbocycles. The van der Waals surface area contributed by atoms with E-state index >= 15 is 0 Å². The number of nitrogens with one attached hydrogen (secondary N) is 2. The minimum absolute atomic E-state index is 0.0885. The van der Waals surface area contributed by atoms with E-state index in [0.717, 1.165) is 11.4 Å². The van der Waals surface area contributed by atoms with Crippen LogP contribution in [0.3, 0.4) is 0 Å². The Morgan fingerprint density at radius 1 is 1.00 bits per heavy atom. The first-order chi connectivity index (χ1) is 11.1. The van der Waals surface area contributed by atoms with Crippen LogP contribution in [0.1, 0.15) is 0 Å². The van der Waals surface area contributed by atoms with Gasteiger partial charge in [-0.25, -0.2) is 9.78 Å². The number of para-hydroxylation sites is 1. The largest absolute Gasteiger partial charge is 0.365 e. The third kappa shape index (κ3) is 3.68. The van der Waals surface area contributed by atoms with Crippen LogP contribution in [0.15, 0.2) is 42.7 Å². The topological polar surface area (TPSA) is 49.7 Å². The number of hydrogen-bond donors (Lipinski definition) is 1. The Balaban J connectivity index is 1.61. The number of nitrogens with zero attached hydrogens (tertiary/aromatic N) is 2. The molecule has 7 heteroatoms. The Morgan fingerprint density at radius 2 is 1.61 bits per heavy atom. The molecule has 2 aromatic rings. The van der Waals surface area contributed by atoms with E-state index in [1.54, 1.807) is 17.3 Å². The molecule has 0 unspecified atom stereocenters. The van der Waals surface area contributed by atoms with Gasteiger partial charge in [0.05, 0.1) is 5.69 Å². The summed E-state index contributed by atoms with van der Waals surface area (Å²) >= 11 is 12.4. The van der Waals surface area contributed by atoms with Gasteiger partial charge in [-0.15, -0.1) is 0 Å². The monoisotopic (exact) mass is 351 g/mol. The summed E-state index contributed by atoms with van der Waals surface area (Å²) in [5.74, 6) is 0. The van der Waals surface area contributed by atoms with Crippen molar-refractivity contribution in [3.63, 3.8) is 0 Å². The van der Waals surface area contributed by atoms with Gasteiger partial charge in [0.15, 0.2) is 12.4 Å². The Kier molecular flexibility index (Phi) is 4.88. The standard InChI is InChI=1S/C16H16Cl2N4O/c17-13-10-19-11-14(18)15(13)21-6-8-22(9-7-21)16(23)20-12-4-2-1-3-5-12/h1-5,10-11H,6-9H2,(H,20,23)/p+1. The fourth-order valence-electron chi connectivity index (χ4n) is 2.60. The minimum Gasteiger partial charge on any atom is -0.365 e. The van der Waals surface area contributed by atoms with E-state index in [9.17, 15) is 4.79 Å². The average molecular weight is 352 g/mol. The molecule has 5 nitrogen and oxygen atoms in total. The van der Waals surface area contributed by atoms with E-state index in [-0.39, 0.29) is 6.03 Å². The summed E-state index contributed by atoms with van der Waals surface area (Å²) in [6.07, 6.45) is 3.41. The normalized spacial score (nSPS) is 14.7. The van der Waals surface area contributed by atoms with Crippen molar-refractivity contribution in [1.29, 1.82) is 0 Å². The van der Waals surface area contributed by atoms with Crippen LogP contribution in [0.4, 0.5) is 16.2 Å². The number of aromatic nitrogens is 1. The summed E-state index contributed by atoms with van der Waals surface area (Å²) in [4.78, 5) is 19.1. The first-order valence-corrected chi connectivity index (χ1v) is 8.12. The number of H-pyrrole nitrogens is 1. The molecule has 0 spiro atoms. The Labute approximate surface area is 144 Å². The van der Waals surface area contributed by atoms with E-state index in [1.165, 1.54) is 0 Å². The summed E-state index contributed by atoms with van der Waals surface area (Å²) in [6, 6.07) is 9.35. The molecule has 0 atom stereocenters. The zero-order valence-corrected chi connectivity index (χ0v) is 13.9. The molecule has 1 aliphatic rings. The second kappa shape index (κ2) is 7.06. The molecule has 23 heavy (non-hydrogen) atoms. The maximum atomic E-state index is 12.3. The van der Waals surface area contributed by atoms with Crippen molar-refractivity contribution in [3.8, 4) is 0 Å². The molecule has 0 saturated carbocycles. The number of halogens is 2. The number of carbonyl (C=O) groups excluding carboxylic acids is 1. The molecule has 2 N–H and O–H groups in total. The minimum atomic E-state index is -0.0885. The second-order valence-corrected chi connectivity index (χ2v) is 6.08. The van der Waals surface area contributed by atoms with Crippen LogP contribution in [-0.2, 0) is 0 Å². The number of urea groups is 1. The molecular formula is C16H17Cl2N4O+. The lowest BCUT2D eigenvalue weighted by Gasteiger charge is -2.36. The van der Waals surface area contributed by atoms with Crippen molar-refractivity contribution in [2.75, 3.05) is 36.4 Å². The Hall–Kier alpha value is -1.98. The van der Waals surface area contributed by atoms with Crippen LogP contribution < -0.4 is 15.2 Å². The van der Waals surface area contributed by atoms with Crippen molar-refractivity contribution < 1.29 is 9.78 Å². The summed E-state index contributed by atoms with van der Waals surface area (Å²) in [7, 11) is 0.